The van der Waals surface area contributed by atoms with E-state index in [0.29, 0.717) is 23.7 Å². The molecule has 0 unspecified atom stereocenters. The number of nitrogens with one attached hydrogen (secondary N) is 2. The maximum Gasteiger partial charge on any atom is 0.225 e. The second-order valence-electron chi connectivity index (χ2n) is 3.01. The third-order valence-corrected chi connectivity index (χ3v) is 2.15. The Hall–Kier alpha value is -1.13. The van der Waals surface area contributed by atoms with Crippen LogP contribution in [0.2, 0.25) is 5.02 Å². The molecule has 0 radical (unpaired) electrons. The van der Waals surface area contributed by atoms with E-state index in [-0.39, 0.29) is 5.91 Å². The summed E-state index contributed by atoms with van der Waals surface area (Å²) in [4.78, 5) is 15.3. The maximum absolute atomic E-state index is 11.4. The van der Waals surface area contributed by atoms with Crippen LogP contribution in [0.25, 0.3) is 0 Å². The smallest absolute Gasteiger partial charge is 0.225 e. The van der Waals surface area contributed by atoms with Crippen molar-refractivity contribution in [2.45, 2.75) is 13.3 Å². The highest BCUT2D eigenvalue weighted by atomic mass is 35.5. The van der Waals surface area contributed by atoms with Crippen LogP contribution < -0.4 is 10.6 Å². The number of nitrogens with zero attached hydrogens (tertiary/aromatic N) is 1. The van der Waals surface area contributed by atoms with Crippen molar-refractivity contribution in [1.82, 2.24) is 10.3 Å². The standard InChI is InChI=1S/C10H14ClN3O/c1-2-12-6-4-10(15)14-9-7-13-5-3-8(9)11/h3,5,7,12H,2,4,6H2,1H3,(H,14,15). The summed E-state index contributed by atoms with van der Waals surface area (Å²) in [6.45, 7) is 3.52. The van der Waals surface area contributed by atoms with Gasteiger partial charge in [-0.15, -0.1) is 0 Å². The van der Waals surface area contributed by atoms with Gasteiger partial charge in [-0.1, -0.05) is 18.5 Å². The number of anilines is 1. The summed E-state index contributed by atoms with van der Waals surface area (Å²) in [6, 6.07) is 1.64. The molecule has 0 saturated heterocycles. The molecule has 82 valence electrons. The number of hydrogen-bond acceptors (Lipinski definition) is 3. The lowest BCUT2D eigenvalue weighted by molar-refractivity contribution is -0.116. The number of carbonyl (C=O) groups is 1. The van der Waals surface area contributed by atoms with Crippen LogP contribution in [0.15, 0.2) is 18.5 Å². The van der Waals surface area contributed by atoms with Gasteiger partial charge in [-0.2, -0.15) is 0 Å². The molecule has 4 nitrogen and oxygen atoms in total. The summed E-state index contributed by atoms with van der Waals surface area (Å²) in [6.07, 6.45) is 3.54. The van der Waals surface area contributed by atoms with E-state index in [1.165, 1.54) is 6.20 Å². The van der Waals surface area contributed by atoms with Crippen molar-refractivity contribution < 1.29 is 4.79 Å². The third kappa shape index (κ3) is 4.27. The number of halogens is 1. The molecule has 0 saturated carbocycles. The van der Waals surface area contributed by atoms with Gasteiger partial charge in [0.05, 0.1) is 16.9 Å². The van der Waals surface area contributed by atoms with Gasteiger partial charge >= 0.3 is 0 Å². The number of amides is 1. The molecule has 0 spiro atoms. The molecule has 0 bridgehead atoms. The summed E-state index contributed by atoms with van der Waals surface area (Å²) < 4.78 is 0. The maximum atomic E-state index is 11.4. The molecule has 5 heteroatoms. The van der Waals surface area contributed by atoms with Gasteiger partial charge < -0.3 is 10.6 Å². The predicted molar refractivity (Wildman–Crippen MR) is 61.0 cm³/mol. The van der Waals surface area contributed by atoms with E-state index in [2.05, 4.69) is 15.6 Å². The first-order valence-electron chi connectivity index (χ1n) is 4.84. The highest BCUT2D eigenvalue weighted by Crippen LogP contribution is 2.18. The van der Waals surface area contributed by atoms with Crippen molar-refractivity contribution in [3.05, 3.63) is 23.5 Å². The Balaban J connectivity index is 2.41. The molecule has 0 aliphatic heterocycles. The molecule has 1 rings (SSSR count). The van der Waals surface area contributed by atoms with Gasteiger partial charge in [0.1, 0.15) is 0 Å². The highest BCUT2D eigenvalue weighted by Gasteiger charge is 2.04. The van der Waals surface area contributed by atoms with Gasteiger partial charge in [0, 0.05) is 19.2 Å². The summed E-state index contributed by atoms with van der Waals surface area (Å²) in [5.74, 6) is -0.0640. The monoisotopic (exact) mass is 227 g/mol. The number of carbonyl (C=O) groups excluding carboxylic acids is 1. The molecular weight excluding hydrogens is 214 g/mol. The summed E-state index contributed by atoms with van der Waals surface area (Å²) >= 11 is 5.86. The van der Waals surface area contributed by atoms with E-state index in [9.17, 15) is 4.79 Å². The lowest BCUT2D eigenvalue weighted by Gasteiger charge is -2.06. The lowest BCUT2D eigenvalue weighted by Crippen LogP contribution is -2.21. The quantitative estimate of drug-likeness (QED) is 0.753. The van der Waals surface area contributed by atoms with Crippen molar-refractivity contribution >= 4 is 23.2 Å². The van der Waals surface area contributed by atoms with Crippen LogP contribution in [-0.2, 0) is 4.79 Å². The van der Waals surface area contributed by atoms with E-state index in [4.69, 9.17) is 11.6 Å². The molecule has 0 aliphatic carbocycles. The third-order valence-electron chi connectivity index (χ3n) is 1.82. The number of aromatic nitrogens is 1. The Morgan fingerprint density at radius 1 is 1.60 bits per heavy atom. The molecule has 15 heavy (non-hydrogen) atoms. The van der Waals surface area contributed by atoms with Gasteiger partial charge in [0.25, 0.3) is 0 Å². The Labute approximate surface area is 94.0 Å². The van der Waals surface area contributed by atoms with Crippen molar-refractivity contribution in [2.24, 2.45) is 0 Å². The largest absolute Gasteiger partial charge is 0.323 e. The van der Waals surface area contributed by atoms with Gasteiger partial charge in [-0.05, 0) is 12.6 Å². The second-order valence-corrected chi connectivity index (χ2v) is 3.41. The zero-order valence-corrected chi connectivity index (χ0v) is 9.34. The van der Waals surface area contributed by atoms with E-state index in [1.807, 2.05) is 6.92 Å². The zero-order valence-electron chi connectivity index (χ0n) is 8.59. The molecule has 1 aromatic rings. The first-order chi connectivity index (χ1) is 7.24. The Morgan fingerprint density at radius 2 is 2.40 bits per heavy atom. The number of pyridine rings is 1. The second kappa shape index (κ2) is 6.37. The van der Waals surface area contributed by atoms with Crippen LogP contribution in [0.5, 0.6) is 0 Å². The van der Waals surface area contributed by atoms with Crippen molar-refractivity contribution in [3.8, 4) is 0 Å². The molecule has 0 aromatic carbocycles. The van der Waals surface area contributed by atoms with Gasteiger partial charge in [0.15, 0.2) is 0 Å². The molecule has 0 aliphatic rings. The minimum absolute atomic E-state index is 0.0640. The zero-order chi connectivity index (χ0) is 11.1. The van der Waals surface area contributed by atoms with Gasteiger partial charge in [-0.25, -0.2) is 0 Å². The van der Waals surface area contributed by atoms with Crippen LogP contribution in [-0.4, -0.2) is 24.0 Å². The minimum atomic E-state index is -0.0640. The summed E-state index contributed by atoms with van der Waals surface area (Å²) in [7, 11) is 0. The van der Waals surface area contributed by atoms with Crippen LogP contribution >= 0.6 is 11.6 Å². The Morgan fingerprint density at radius 3 is 3.07 bits per heavy atom. The van der Waals surface area contributed by atoms with Crippen LogP contribution in [0.1, 0.15) is 13.3 Å². The van der Waals surface area contributed by atoms with Crippen LogP contribution in [0.3, 0.4) is 0 Å². The predicted octanol–water partition coefficient (Wildman–Crippen LogP) is 1.67. The summed E-state index contributed by atoms with van der Waals surface area (Å²) in [5.41, 5.74) is 0.556. The first-order valence-corrected chi connectivity index (χ1v) is 5.22. The molecule has 2 N–H and O–H groups in total. The van der Waals surface area contributed by atoms with Crippen LogP contribution in [0.4, 0.5) is 5.69 Å². The minimum Gasteiger partial charge on any atom is -0.323 e. The SMILES string of the molecule is CCNCCC(=O)Nc1cnccc1Cl. The topological polar surface area (TPSA) is 54.0 Å². The molecule has 1 amide bonds. The van der Waals surface area contributed by atoms with Gasteiger partial charge in [0.2, 0.25) is 5.91 Å². The Kier molecular flexibility index (Phi) is 5.07. The molecule has 0 atom stereocenters. The fourth-order valence-electron chi connectivity index (χ4n) is 1.06. The van der Waals surface area contributed by atoms with E-state index in [1.54, 1.807) is 12.3 Å². The van der Waals surface area contributed by atoms with E-state index in [0.717, 1.165) is 6.54 Å². The molecule has 0 fully saturated rings. The average Bonchev–Trinajstić information content (AvgIpc) is 2.22. The molecule has 1 heterocycles. The first kappa shape index (κ1) is 11.9. The van der Waals surface area contributed by atoms with Gasteiger partial charge in [-0.3, -0.25) is 9.78 Å². The fourth-order valence-corrected chi connectivity index (χ4v) is 1.21. The van der Waals surface area contributed by atoms with Crippen LogP contribution in [0, 0.1) is 0 Å². The molecule has 1 aromatic heterocycles. The summed E-state index contributed by atoms with van der Waals surface area (Å²) in [5, 5.41) is 6.27. The average molecular weight is 228 g/mol. The van der Waals surface area contributed by atoms with E-state index >= 15 is 0 Å². The fraction of sp³-hybridized carbons (Fsp3) is 0.400. The Bertz CT molecular complexity index is 330. The van der Waals surface area contributed by atoms with Crippen molar-refractivity contribution in [2.75, 3.05) is 18.4 Å². The lowest BCUT2D eigenvalue weighted by atomic mass is 10.3. The number of hydrogen-bond donors (Lipinski definition) is 2. The number of rotatable bonds is 5. The highest BCUT2D eigenvalue weighted by molar-refractivity contribution is 6.33. The van der Waals surface area contributed by atoms with Crippen molar-refractivity contribution in [1.29, 1.82) is 0 Å². The normalized spacial score (nSPS) is 10.0. The van der Waals surface area contributed by atoms with E-state index < -0.39 is 0 Å². The van der Waals surface area contributed by atoms with Crippen molar-refractivity contribution in [3.63, 3.8) is 0 Å². The molecular formula is C10H14ClN3O.